The molecular formula is C20H22N4O. The summed E-state index contributed by atoms with van der Waals surface area (Å²) in [7, 11) is 0. The maximum Gasteiger partial charge on any atom is 0.225 e. The highest BCUT2D eigenvalue weighted by Gasteiger charge is 2.09. The van der Waals surface area contributed by atoms with E-state index in [2.05, 4.69) is 32.7 Å². The Labute approximate surface area is 147 Å². The zero-order valence-electron chi connectivity index (χ0n) is 14.2. The van der Waals surface area contributed by atoms with Crippen LogP contribution in [0.15, 0.2) is 66.7 Å². The lowest BCUT2D eigenvalue weighted by Crippen LogP contribution is -2.21. The van der Waals surface area contributed by atoms with Crippen LogP contribution in [-0.4, -0.2) is 27.7 Å². The maximum atomic E-state index is 9.27. The van der Waals surface area contributed by atoms with Gasteiger partial charge in [0.1, 0.15) is 5.82 Å². The van der Waals surface area contributed by atoms with Gasteiger partial charge in [-0.1, -0.05) is 60.7 Å². The molecule has 0 spiro atoms. The van der Waals surface area contributed by atoms with Gasteiger partial charge in [0.05, 0.1) is 12.3 Å². The summed E-state index contributed by atoms with van der Waals surface area (Å²) in [4.78, 5) is 9.09. The standard InChI is InChI=1S/C20H22N4O/c1-15(14-25)22-20-23-18(17-10-6-3-7-11-17)12-19(24-20)21-13-16-8-4-2-5-9-16/h2-12,15,25H,13-14H2,1H3,(H2,21,22,23,24)/t15-/m0/s1. The van der Waals surface area contributed by atoms with Gasteiger partial charge in [-0.3, -0.25) is 0 Å². The summed E-state index contributed by atoms with van der Waals surface area (Å²) in [6.07, 6.45) is 0. The second-order valence-corrected chi connectivity index (χ2v) is 5.90. The van der Waals surface area contributed by atoms with Crippen molar-refractivity contribution in [1.29, 1.82) is 0 Å². The molecule has 0 aliphatic rings. The molecule has 0 bridgehead atoms. The first-order chi connectivity index (χ1) is 12.2. The summed E-state index contributed by atoms with van der Waals surface area (Å²) in [5, 5.41) is 15.7. The van der Waals surface area contributed by atoms with Crippen LogP contribution in [0.3, 0.4) is 0 Å². The van der Waals surface area contributed by atoms with Gasteiger partial charge in [-0.05, 0) is 12.5 Å². The average molecular weight is 334 g/mol. The summed E-state index contributed by atoms with van der Waals surface area (Å²) >= 11 is 0. The minimum absolute atomic E-state index is 0.0195. The quantitative estimate of drug-likeness (QED) is 0.616. The summed E-state index contributed by atoms with van der Waals surface area (Å²) in [6, 6.07) is 22.0. The van der Waals surface area contributed by atoms with Crippen molar-refractivity contribution in [2.75, 3.05) is 17.2 Å². The van der Waals surface area contributed by atoms with Gasteiger partial charge in [-0.2, -0.15) is 4.98 Å². The zero-order valence-corrected chi connectivity index (χ0v) is 14.2. The molecule has 0 saturated carbocycles. The monoisotopic (exact) mass is 334 g/mol. The van der Waals surface area contributed by atoms with E-state index < -0.39 is 0 Å². The molecule has 0 aliphatic carbocycles. The molecule has 5 heteroatoms. The van der Waals surface area contributed by atoms with E-state index in [0.717, 1.165) is 17.1 Å². The third kappa shape index (κ3) is 4.78. The second-order valence-electron chi connectivity index (χ2n) is 5.90. The van der Waals surface area contributed by atoms with Crippen LogP contribution in [0.25, 0.3) is 11.3 Å². The molecule has 3 rings (SSSR count). The maximum absolute atomic E-state index is 9.27. The highest BCUT2D eigenvalue weighted by molar-refractivity contribution is 5.64. The number of hydrogen-bond acceptors (Lipinski definition) is 5. The smallest absolute Gasteiger partial charge is 0.225 e. The molecule has 2 aromatic carbocycles. The summed E-state index contributed by atoms with van der Waals surface area (Å²) in [5.74, 6) is 1.24. The molecule has 3 aromatic rings. The number of nitrogens with zero attached hydrogens (tertiary/aromatic N) is 2. The van der Waals surface area contributed by atoms with Gasteiger partial charge in [0.25, 0.3) is 0 Å². The largest absolute Gasteiger partial charge is 0.394 e. The lowest BCUT2D eigenvalue weighted by molar-refractivity contribution is 0.281. The first-order valence-corrected chi connectivity index (χ1v) is 8.34. The minimum atomic E-state index is -0.118. The Morgan fingerprint density at radius 3 is 2.32 bits per heavy atom. The predicted molar refractivity (Wildman–Crippen MR) is 101 cm³/mol. The Bertz CT molecular complexity index is 793. The van der Waals surface area contributed by atoms with Crippen molar-refractivity contribution in [2.45, 2.75) is 19.5 Å². The molecule has 0 amide bonds. The molecule has 1 atom stereocenters. The Balaban J connectivity index is 1.86. The predicted octanol–water partition coefficient (Wildman–Crippen LogP) is 3.55. The van der Waals surface area contributed by atoms with Gasteiger partial charge in [0.15, 0.2) is 0 Å². The van der Waals surface area contributed by atoms with Gasteiger partial charge >= 0.3 is 0 Å². The van der Waals surface area contributed by atoms with Crippen LogP contribution in [0.2, 0.25) is 0 Å². The molecular weight excluding hydrogens is 312 g/mol. The van der Waals surface area contributed by atoms with Gasteiger partial charge in [0.2, 0.25) is 5.95 Å². The highest BCUT2D eigenvalue weighted by Crippen LogP contribution is 2.22. The lowest BCUT2D eigenvalue weighted by atomic mass is 10.1. The molecule has 0 radical (unpaired) electrons. The molecule has 0 saturated heterocycles. The molecule has 3 N–H and O–H groups in total. The van der Waals surface area contributed by atoms with Crippen LogP contribution in [0.4, 0.5) is 11.8 Å². The van der Waals surface area contributed by atoms with Crippen molar-refractivity contribution in [2.24, 2.45) is 0 Å². The van der Waals surface area contributed by atoms with Crippen molar-refractivity contribution in [1.82, 2.24) is 9.97 Å². The average Bonchev–Trinajstić information content (AvgIpc) is 2.67. The Morgan fingerprint density at radius 1 is 0.960 bits per heavy atom. The number of anilines is 2. The molecule has 1 heterocycles. The summed E-state index contributed by atoms with van der Waals surface area (Å²) in [6.45, 7) is 2.59. The van der Waals surface area contributed by atoms with E-state index in [-0.39, 0.29) is 12.6 Å². The molecule has 1 aromatic heterocycles. The number of hydrogen-bond donors (Lipinski definition) is 3. The summed E-state index contributed by atoms with van der Waals surface area (Å²) < 4.78 is 0. The second kappa shape index (κ2) is 8.26. The topological polar surface area (TPSA) is 70.1 Å². The van der Waals surface area contributed by atoms with Crippen LogP contribution in [0.5, 0.6) is 0 Å². The number of benzene rings is 2. The van der Waals surface area contributed by atoms with Gasteiger partial charge in [-0.15, -0.1) is 0 Å². The fourth-order valence-electron chi connectivity index (χ4n) is 2.41. The first-order valence-electron chi connectivity index (χ1n) is 8.34. The molecule has 25 heavy (non-hydrogen) atoms. The van der Waals surface area contributed by atoms with E-state index in [9.17, 15) is 5.11 Å². The number of nitrogens with one attached hydrogen (secondary N) is 2. The first kappa shape index (κ1) is 16.9. The number of rotatable bonds is 7. The van der Waals surface area contributed by atoms with Crippen LogP contribution in [0, 0.1) is 0 Å². The third-order valence-electron chi connectivity index (χ3n) is 3.76. The molecule has 0 fully saturated rings. The van der Waals surface area contributed by atoms with Crippen molar-refractivity contribution in [3.05, 3.63) is 72.3 Å². The van der Waals surface area contributed by atoms with Gasteiger partial charge in [-0.25, -0.2) is 4.98 Å². The van der Waals surface area contributed by atoms with E-state index in [4.69, 9.17) is 0 Å². The van der Waals surface area contributed by atoms with E-state index in [1.54, 1.807) is 0 Å². The van der Waals surface area contributed by atoms with E-state index in [0.29, 0.717) is 12.5 Å². The van der Waals surface area contributed by atoms with Crippen LogP contribution < -0.4 is 10.6 Å². The van der Waals surface area contributed by atoms with Crippen LogP contribution in [-0.2, 0) is 6.54 Å². The van der Waals surface area contributed by atoms with E-state index in [1.165, 1.54) is 5.56 Å². The van der Waals surface area contributed by atoms with Gasteiger partial charge in [0, 0.05) is 24.2 Å². The van der Waals surface area contributed by atoms with Gasteiger partial charge < -0.3 is 15.7 Å². The molecule has 0 aliphatic heterocycles. The number of aromatic nitrogens is 2. The number of aliphatic hydroxyl groups is 1. The third-order valence-corrected chi connectivity index (χ3v) is 3.76. The Morgan fingerprint density at radius 2 is 1.64 bits per heavy atom. The number of aliphatic hydroxyl groups excluding tert-OH is 1. The van der Waals surface area contributed by atoms with Crippen molar-refractivity contribution in [3.8, 4) is 11.3 Å². The fourth-order valence-corrected chi connectivity index (χ4v) is 2.41. The minimum Gasteiger partial charge on any atom is -0.394 e. The molecule has 128 valence electrons. The SMILES string of the molecule is C[C@@H](CO)Nc1nc(NCc2ccccc2)cc(-c2ccccc2)n1. The van der Waals surface area contributed by atoms with E-state index >= 15 is 0 Å². The van der Waals surface area contributed by atoms with Crippen molar-refractivity contribution < 1.29 is 5.11 Å². The van der Waals surface area contributed by atoms with Crippen LogP contribution >= 0.6 is 0 Å². The fraction of sp³-hybridized carbons (Fsp3) is 0.200. The van der Waals surface area contributed by atoms with Crippen molar-refractivity contribution in [3.63, 3.8) is 0 Å². The Hall–Kier alpha value is -2.92. The highest BCUT2D eigenvalue weighted by atomic mass is 16.3. The summed E-state index contributed by atoms with van der Waals surface area (Å²) in [5.41, 5.74) is 3.03. The van der Waals surface area contributed by atoms with Crippen molar-refractivity contribution >= 4 is 11.8 Å². The van der Waals surface area contributed by atoms with E-state index in [1.807, 2.05) is 61.5 Å². The van der Waals surface area contributed by atoms with Crippen LogP contribution in [0.1, 0.15) is 12.5 Å². The Kier molecular flexibility index (Phi) is 5.59. The normalized spacial score (nSPS) is 11.8. The lowest BCUT2D eigenvalue weighted by Gasteiger charge is -2.14. The zero-order chi connectivity index (χ0) is 17.5. The molecule has 0 unspecified atom stereocenters. The molecule has 5 nitrogen and oxygen atoms in total.